The van der Waals surface area contributed by atoms with E-state index in [4.69, 9.17) is 43.8 Å². The van der Waals surface area contributed by atoms with Crippen LogP contribution in [0.4, 0.5) is 5.95 Å². The molecule has 0 amide bonds. The number of anilines is 1. The van der Waals surface area contributed by atoms with Crippen molar-refractivity contribution in [2.45, 2.75) is 50.6 Å². The Balaban J connectivity index is 1.32. The zero-order valence-corrected chi connectivity index (χ0v) is 24.9. The van der Waals surface area contributed by atoms with Crippen molar-refractivity contribution in [1.29, 1.82) is 0 Å². The van der Waals surface area contributed by atoms with E-state index in [9.17, 15) is 9.90 Å². The van der Waals surface area contributed by atoms with Crippen molar-refractivity contribution in [1.82, 2.24) is 19.9 Å². The molecule has 2 aromatic heterocycles. The van der Waals surface area contributed by atoms with E-state index >= 15 is 0 Å². The van der Waals surface area contributed by atoms with Gasteiger partial charge >= 0.3 is 5.97 Å². The summed E-state index contributed by atoms with van der Waals surface area (Å²) in [6.07, 6.45) is 7.32. The van der Waals surface area contributed by atoms with Crippen molar-refractivity contribution in [3.63, 3.8) is 0 Å². The van der Waals surface area contributed by atoms with Crippen LogP contribution in [0.5, 0.6) is 11.6 Å². The highest BCUT2D eigenvalue weighted by molar-refractivity contribution is 6.35. The average Bonchev–Trinajstić information content (AvgIpc) is 2.94. The molecule has 224 valence electrons. The predicted octanol–water partition coefficient (Wildman–Crippen LogP) is 5.00. The van der Waals surface area contributed by atoms with Gasteiger partial charge in [0.25, 0.3) is 0 Å². The third-order valence-corrected chi connectivity index (χ3v) is 8.52. The maximum Gasteiger partial charge on any atom is 0.303 e. The quantitative estimate of drug-likeness (QED) is 0.286. The molecule has 1 aromatic carbocycles. The van der Waals surface area contributed by atoms with Crippen LogP contribution in [0.1, 0.15) is 44.1 Å². The van der Waals surface area contributed by atoms with Crippen LogP contribution in [0.3, 0.4) is 0 Å². The lowest BCUT2D eigenvalue weighted by molar-refractivity contribution is -0.138. The molecule has 0 unspecified atom stereocenters. The van der Waals surface area contributed by atoms with Crippen molar-refractivity contribution in [3.05, 3.63) is 58.3 Å². The summed E-state index contributed by atoms with van der Waals surface area (Å²) >= 11 is 12.6. The fourth-order valence-electron chi connectivity index (χ4n) is 5.68. The number of benzene rings is 1. The van der Waals surface area contributed by atoms with Gasteiger partial charge in [0, 0.05) is 59.9 Å². The van der Waals surface area contributed by atoms with Gasteiger partial charge in [0.15, 0.2) is 5.75 Å². The number of aliphatic hydroxyl groups excluding tert-OH is 1. The van der Waals surface area contributed by atoms with E-state index in [2.05, 4.69) is 19.8 Å². The van der Waals surface area contributed by atoms with Crippen LogP contribution in [-0.4, -0.2) is 74.4 Å². The number of pyridine rings is 1. The van der Waals surface area contributed by atoms with E-state index in [1.165, 1.54) is 0 Å². The summed E-state index contributed by atoms with van der Waals surface area (Å²) < 4.78 is 6.15. The number of carboxylic acids is 1. The number of nitrogens with zero attached hydrogens (tertiary/aromatic N) is 5. The van der Waals surface area contributed by atoms with E-state index in [-0.39, 0.29) is 24.5 Å². The maximum absolute atomic E-state index is 11.1. The SMILES string of the molecule is NC1(CCO)CCN(c2ncc(Oc3cc(CN4CCC(CC(=O)O)CC4)cc(-c4cc(Cl)cc(Cl)c4)n3)cn2)CC1. The number of ether oxygens (including phenoxy) is 1. The molecule has 0 aliphatic carbocycles. The number of aliphatic hydroxyl groups is 1. The molecule has 2 saturated heterocycles. The van der Waals surface area contributed by atoms with Crippen LogP contribution >= 0.6 is 23.2 Å². The number of aliphatic carboxylic acids is 1. The van der Waals surface area contributed by atoms with E-state index in [0.29, 0.717) is 46.3 Å². The van der Waals surface area contributed by atoms with Crippen LogP contribution in [0.25, 0.3) is 11.3 Å². The lowest BCUT2D eigenvalue weighted by Gasteiger charge is -2.38. The van der Waals surface area contributed by atoms with Gasteiger partial charge in [-0.1, -0.05) is 23.2 Å². The van der Waals surface area contributed by atoms with Gasteiger partial charge in [-0.15, -0.1) is 0 Å². The topological polar surface area (TPSA) is 138 Å². The first-order valence-corrected chi connectivity index (χ1v) is 15.0. The lowest BCUT2D eigenvalue weighted by Crippen LogP contribution is -2.51. The second-order valence-corrected chi connectivity index (χ2v) is 12.2. The number of carbonyl (C=O) groups is 1. The van der Waals surface area contributed by atoms with Crippen molar-refractivity contribution in [3.8, 4) is 22.9 Å². The monoisotopic (exact) mass is 614 g/mol. The van der Waals surface area contributed by atoms with E-state index in [1.54, 1.807) is 18.5 Å². The molecule has 2 aliphatic rings. The third kappa shape index (κ3) is 8.08. The molecule has 0 bridgehead atoms. The smallest absolute Gasteiger partial charge is 0.303 e. The second-order valence-electron chi connectivity index (χ2n) is 11.3. The first-order valence-electron chi connectivity index (χ1n) is 14.2. The number of hydrogen-bond acceptors (Lipinski definition) is 9. The first-order chi connectivity index (χ1) is 20.2. The highest BCUT2D eigenvalue weighted by Crippen LogP contribution is 2.31. The van der Waals surface area contributed by atoms with Gasteiger partial charge in [0.05, 0.1) is 18.1 Å². The Labute approximate surface area is 255 Å². The molecule has 3 aromatic rings. The largest absolute Gasteiger partial charge is 0.481 e. The van der Waals surface area contributed by atoms with Gasteiger partial charge in [-0.25, -0.2) is 15.0 Å². The molecule has 0 spiro atoms. The molecular weight excluding hydrogens is 579 g/mol. The Bertz CT molecular complexity index is 1360. The van der Waals surface area contributed by atoms with Crippen LogP contribution in [0.15, 0.2) is 42.7 Å². The number of hydrogen-bond donors (Lipinski definition) is 3. The van der Waals surface area contributed by atoms with Gasteiger partial charge < -0.3 is 25.6 Å². The minimum Gasteiger partial charge on any atom is -0.481 e. The zero-order chi connectivity index (χ0) is 29.7. The number of aromatic nitrogens is 3. The van der Waals surface area contributed by atoms with Crippen molar-refractivity contribution >= 4 is 35.1 Å². The summed E-state index contributed by atoms with van der Waals surface area (Å²) in [5, 5.41) is 19.5. The van der Waals surface area contributed by atoms with Crippen LogP contribution in [0, 0.1) is 5.92 Å². The molecule has 5 rings (SSSR count). The van der Waals surface area contributed by atoms with Crippen molar-refractivity contribution in [2.75, 3.05) is 37.7 Å². The molecule has 0 saturated carbocycles. The van der Waals surface area contributed by atoms with E-state index < -0.39 is 5.97 Å². The molecule has 0 atom stereocenters. The molecule has 10 nitrogen and oxygen atoms in total. The van der Waals surface area contributed by atoms with Crippen LogP contribution in [-0.2, 0) is 11.3 Å². The molecule has 4 heterocycles. The Morgan fingerprint density at radius 3 is 2.31 bits per heavy atom. The summed E-state index contributed by atoms with van der Waals surface area (Å²) in [6.45, 7) is 3.85. The van der Waals surface area contributed by atoms with Crippen molar-refractivity contribution < 1.29 is 19.7 Å². The first kappa shape index (κ1) is 30.4. The molecule has 2 fully saturated rings. The number of rotatable bonds is 10. The highest BCUT2D eigenvalue weighted by atomic mass is 35.5. The summed E-state index contributed by atoms with van der Waals surface area (Å²) in [7, 11) is 0. The zero-order valence-electron chi connectivity index (χ0n) is 23.4. The molecule has 42 heavy (non-hydrogen) atoms. The Morgan fingerprint density at radius 2 is 1.69 bits per heavy atom. The van der Waals surface area contributed by atoms with Gasteiger partial charge in [-0.3, -0.25) is 9.69 Å². The van der Waals surface area contributed by atoms with E-state index in [1.807, 2.05) is 24.3 Å². The number of piperidine rings is 2. The Morgan fingerprint density at radius 1 is 1.02 bits per heavy atom. The number of carboxylic acid groups (broad SMARTS) is 1. The van der Waals surface area contributed by atoms with Gasteiger partial charge in [-0.2, -0.15) is 0 Å². The highest BCUT2D eigenvalue weighted by Gasteiger charge is 2.31. The average molecular weight is 616 g/mol. The number of likely N-dealkylation sites (tertiary alicyclic amines) is 1. The Kier molecular flexibility index (Phi) is 9.80. The predicted molar refractivity (Wildman–Crippen MR) is 162 cm³/mol. The number of nitrogens with two attached hydrogens (primary N) is 1. The van der Waals surface area contributed by atoms with Gasteiger partial charge in [0.1, 0.15) is 0 Å². The normalized spacial score (nSPS) is 17.8. The standard InChI is InChI=1S/C30H36Cl2N6O4/c31-23-14-22(15-24(32)16-23)26-11-21(19-37-6-1-20(2-7-37)13-28(40)41)12-27(36-26)42-25-17-34-29(35-18-25)38-8-3-30(33,4-9-38)5-10-39/h11-12,14-18,20,39H,1-10,13,19,33H2,(H,40,41). The van der Waals surface area contributed by atoms with Crippen LogP contribution < -0.4 is 15.4 Å². The minimum absolute atomic E-state index is 0.0889. The summed E-state index contributed by atoms with van der Waals surface area (Å²) in [5.41, 5.74) is 8.49. The maximum atomic E-state index is 11.1. The molecule has 12 heteroatoms. The van der Waals surface area contributed by atoms with E-state index in [0.717, 1.165) is 63.0 Å². The van der Waals surface area contributed by atoms with Crippen molar-refractivity contribution in [2.24, 2.45) is 11.7 Å². The fraction of sp³-hybridized carbons (Fsp3) is 0.467. The second kappa shape index (κ2) is 13.5. The van der Waals surface area contributed by atoms with Crippen LogP contribution in [0.2, 0.25) is 10.0 Å². The van der Waals surface area contributed by atoms with Gasteiger partial charge in [0.2, 0.25) is 11.8 Å². The lowest BCUT2D eigenvalue weighted by atomic mass is 9.86. The summed E-state index contributed by atoms with van der Waals surface area (Å²) in [4.78, 5) is 29.3. The van der Waals surface area contributed by atoms with Gasteiger partial charge in [-0.05, 0) is 80.9 Å². The fourth-order valence-corrected chi connectivity index (χ4v) is 6.20. The summed E-state index contributed by atoms with van der Waals surface area (Å²) in [6, 6.07) is 9.21. The molecule has 4 N–H and O–H groups in total. The molecule has 0 radical (unpaired) electrons. The number of halogens is 2. The summed E-state index contributed by atoms with van der Waals surface area (Å²) in [5.74, 6) is 0.933. The third-order valence-electron chi connectivity index (χ3n) is 8.09. The molecule has 2 aliphatic heterocycles. The minimum atomic E-state index is -0.738. The Hall–Kier alpha value is -3.02. The molecular formula is C30H36Cl2N6O4.